The molecule has 0 aromatic heterocycles. The molecule has 28 heavy (non-hydrogen) atoms. The van der Waals surface area contributed by atoms with Crippen molar-refractivity contribution >= 4 is 17.6 Å². The normalized spacial score (nSPS) is 15.1. The highest BCUT2D eigenvalue weighted by Gasteiger charge is 2.42. The standard InChI is InChI=1S/C23H27NO4/c1-3-15-28-20-12-11-18(16-19(20)21(25)27-2)24-22(26)23(13-7-8-14-23)17-9-5-4-6-10-17/h4-6,9-12,16H,3,7-8,13-15H2,1-2H3,(H,24,26). The minimum atomic E-state index is -0.524. The molecular formula is C23H27NO4. The lowest BCUT2D eigenvalue weighted by atomic mass is 9.78. The molecule has 5 heteroatoms. The first kappa shape index (κ1) is 19.9. The van der Waals surface area contributed by atoms with Gasteiger partial charge in [-0.25, -0.2) is 4.79 Å². The van der Waals surface area contributed by atoms with Crippen molar-refractivity contribution in [2.75, 3.05) is 19.0 Å². The van der Waals surface area contributed by atoms with E-state index < -0.39 is 11.4 Å². The van der Waals surface area contributed by atoms with Crippen LogP contribution >= 0.6 is 0 Å². The lowest BCUT2D eigenvalue weighted by Crippen LogP contribution is -2.38. The average Bonchev–Trinajstić information content (AvgIpc) is 3.24. The molecule has 0 bridgehead atoms. The number of carbonyl (C=O) groups is 2. The van der Waals surface area contributed by atoms with E-state index in [0.29, 0.717) is 23.6 Å². The second kappa shape index (κ2) is 8.91. The maximum absolute atomic E-state index is 13.3. The van der Waals surface area contributed by atoms with Gasteiger partial charge in [0, 0.05) is 5.69 Å². The van der Waals surface area contributed by atoms with Crippen LogP contribution in [-0.2, 0) is 14.9 Å². The van der Waals surface area contributed by atoms with Crippen molar-refractivity contribution in [3.8, 4) is 5.75 Å². The van der Waals surface area contributed by atoms with E-state index in [0.717, 1.165) is 37.7 Å². The Labute approximate surface area is 166 Å². The molecule has 1 amide bonds. The smallest absolute Gasteiger partial charge is 0.341 e. The number of anilines is 1. The molecule has 1 saturated carbocycles. The number of hydrogen-bond donors (Lipinski definition) is 1. The van der Waals surface area contributed by atoms with Crippen LogP contribution in [0, 0.1) is 0 Å². The van der Waals surface area contributed by atoms with Crippen LogP contribution < -0.4 is 10.1 Å². The van der Waals surface area contributed by atoms with Crippen molar-refractivity contribution in [3.63, 3.8) is 0 Å². The number of methoxy groups -OCH3 is 1. The first-order valence-corrected chi connectivity index (χ1v) is 9.83. The van der Waals surface area contributed by atoms with Crippen molar-refractivity contribution in [3.05, 3.63) is 59.7 Å². The van der Waals surface area contributed by atoms with Crippen LogP contribution in [-0.4, -0.2) is 25.6 Å². The van der Waals surface area contributed by atoms with Crippen LogP contribution in [0.4, 0.5) is 5.69 Å². The number of carbonyl (C=O) groups excluding carboxylic acids is 2. The van der Waals surface area contributed by atoms with Gasteiger partial charge in [-0.2, -0.15) is 0 Å². The molecule has 5 nitrogen and oxygen atoms in total. The van der Waals surface area contributed by atoms with Gasteiger partial charge in [0.05, 0.1) is 19.1 Å². The predicted octanol–water partition coefficient (Wildman–Crippen LogP) is 4.71. The Morgan fingerprint density at radius 3 is 2.43 bits per heavy atom. The lowest BCUT2D eigenvalue weighted by Gasteiger charge is -2.28. The second-order valence-corrected chi connectivity index (χ2v) is 7.16. The number of benzene rings is 2. The number of hydrogen-bond acceptors (Lipinski definition) is 4. The molecule has 1 fully saturated rings. The summed E-state index contributed by atoms with van der Waals surface area (Å²) in [5.74, 6) is -0.0552. The summed E-state index contributed by atoms with van der Waals surface area (Å²) in [6.45, 7) is 2.50. The highest BCUT2D eigenvalue weighted by molar-refractivity contribution is 6.01. The Balaban J connectivity index is 1.87. The minimum absolute atomic E-state index is 0.0331. The molecule has 0 atom stereocenters. The Morgan fingerprint density at radius 1 is 1.07 bits per heavy atom. The zero-order valence-electron chi connectivity index (χ0n) is 16.5. The fraction of sp³-hybridized carbons (Fsp3) is 0.391. The summed E-state index contributed by atoms with van der Waals surface area (Å²) < 4.78 is 10.5. The molecule has 1 aliphatic carbocycles. The number of nitrogens with one attached hydrogen (secondary N) is 1. The van der Waals surface area contributed by atoms with E-state index in [1.807, 2.05) is 37.3 Å². The third kappa shape index (κ3) is 4.03. The molecule has 3 rings (SSSR count). The monoisotopic (exact) mass is 381 g/mol. The fourth-order valence-corrected chi connectivity index (χ4v) is 3.85. The van der Waals surface area contributed by atoms with Crippen LogP contribution in [0.3, 0.4) is 0 Å². The molecule has 148 valence electrons. The summed E-state index contributed by atoms with van der Waals surface area (Å²) in [6, 6.07) is 15.0. The summed E-state index contributed by atoms with van der Waals surface area (Å²) in [6.07, 6.45) is 4.53. The summed E-state index contributed by atoms with van der Waals surface area (Å²) in [7, 11) is 1.33. The summed E-state index contributed by atoms with van der Waals surface area (Å²) in [5, 5.41) is 3.02. The van der Waals surface area contributed by atoms with E-state index in [2.05, 4.69) is 5.32 Å². The molecule has 0 saturated heterocycles. The summed E-state index contributed by atoms with van der Waals surface area (Å²) >= 11 is 0. The summed E-state index contributed by atoms with van der Waals surface area (Å²) in [4.78, 5) is 25.4. The number of ether oxygens (including phenoxy) is 2. The quantitative estimate of drug-likeness (QED) is 0.705. The van der Waals surface area contributed by atoms with Crippen molar-refractivity contribution in [2.24, 2.45) is 0 Å². The minimum Gasteiger partial charge on any atom is -0.493 e. The SMILES string of the molecule is CCCOc1ccc(NC(=O)C2(c3ccccc3)CCCC2)cc1C(=O)OC. The average molecular weight is 381 g/mol. The van der Waals surface area contributed by atoms with Crippen molar-refractivity contribution in [1.82, 2.24) is 0 Å². The Kier molecular flexibility index (Phi) is 6.34. The highest BCUT2D eigenvalue weighted by Crippen LogP contribution is 2.42. The Hall–Kier alpha value is -2.82. The van der Waals surface area contributed by atoms with Crippen molar-refractivity contribution < 1.29 is 19.1 Å². The molecular weight excluding hydrogens is 354 g/mol. The summed E-state index contributed by atoms with van der Waals surface area (Å²) in [5.41, 5.74) is 1.40. The van der Waals surface area contributed by atoms with Gasteiger partial charge in [-0.05, 0) is 43.0 Å². The molecule has 2 aromatic carbocycles. The molecule has 1 N–H and O–H groups in total. The van der Waals surface area contributed by atoms with Gasteiger partial charge in [-0.15, -0.1) is 0 Å². The van der Waals surface area contributed by atoms with E-state index in [1.165, 1.54) is 7.11 Å². The van der Waals surface area contributed by atoms with Gasteiger partial charge in [-0.1, -0.05) is 50.1 Å². The molecule has 2 aromatic rings. The zero-order valence-corrected chi connectivity index (χ0v) is 16.5. The maximum atomic E-state index is 13.3. The van der Waals surface area contributed by atoms with Crippen LogP contribution in [0.15, 0.2) is 48.5 Å². The van der Waals surface area contributed by atoms with E-state index in [9.17, 15) is 9.59 Å². The third-order valence-corrected chi connectivity index (χ3v) is 5.32. The van der Waals surface area contributed by atoms with Crippen LogP contribution in [0.5, 0.6) is 5.75 Å². The number of amides is 1. The molecule has 1 aliphatic rings. The van der Waals surface area contributed by atoms with Crippen molar-refractivity contribution in [1.29, 1.82) is 0 Å². The predicted molar refractivity (Wildman–Crippen MR) is 109 cm³/mol. The van der Waals surface area contributed by atoms with Gasteiger partial charge in [0.1, 0.15) is 11.3 Å². The zero-order chi connectivity index (χ0) is 20.0. The van der Waals surface area contributed by atoms with E-state index in [-0.39, 0.29) is 5.91 Å². The molecule has 0 spiro atoms. The number of rotatable bonds is 7. The molecule has 0 heterocycles. The molecule has 0 aliphatic heterocycles. The topological polar surface area (TPSA) is 64.6 Å². The van der Waals surface area contributed by atoms with Gasteiger partial charge < -0.3 is 14.8 Å². The van der Waals surface area contributed by atoms with E-state index in [4.69, 9.17) is 9.47 Å². The van der Waals surface area contributed by atoms with Gasteiger partial charge in [0.25, 0.3) is 0 Å². The third-order valence-electron chi connectivity index (χ3n) is 5.32. The van der Waals surface area contributed by atoms with Gasteiger partial charge in [0.15, 0.2) is 0 Å². The molecule has 0 radical (unpaired) electrons. The van der Waals surface area contributed by atoms with Gasteiger partial charge >= 0.3 is 5.97 Å². The first-order chi connectivity index (χ1) is 13.6. The highest BCUT2D eigenvalue weighted by atomic mass is 16.5. The maximum Gasteiger partial charge on any atom is 0.341 e. The van der Waals surface area contributed by atoms with Crippen LogP contribution in [0.2, 0.25) is 0 Å². The Morgan fingerprint density at radius 2 is 1.79 bits per heavy atom. The van der Waals surface area contributed by atoms with Gasteiger partial charge in [-0.3, -0.25) is 4.79 Å². The fourth-order valence-electron chi connectivity index (χ4n) is 3.85. The van der Waals surface area contributed by atoms with Crippen LogP contribution in [0.25, 0.3) is 0 Å². The number of esters is 1. The first-order valence-electron chi connectivity index (χ1n) is 9.83. The van der Waals surface area contributed by atoms with Crippen molar-refractivity contribution in [2.45, 2.75) is 44.4 Å². The second-order valence-electron chi connectivity index (χ2n) is 7.16. The molecule has 0 unspecified atom stereocenters. The largest absolute Gasteiger partial charge is 0.493 e. The lowest BCUT2D eigenvalue weighted by molar-refractivity contribution is -0.121. The van der Waals surface area contributed by atoms with E-state index in [1.54, 1.807) is 18.2 Å². The van der Waals surface area contributed by atoms with Gasteiger partial charge in [0.2, 0.25) is 5.91 Å². The Bertz CT molecular complexity index is 826. The van der Waals surface area contributed by atoms with Crippen LogP contribution in [0.1, 0.15) is 54.9 Å². The van der Waals surface area contributed by atoms with E-state index >= 15 is 0 Å².